The number of hydrogen-bond acceptors (Lipinski definition) is 5. The van der Waals surface area contributed by atoms with Gasteiger partial charge < -0.3 is 15.9 Å². The summed E-state index contributed by atoms with van der Waals surface area (Å²) >= 11 is 0. The zero-order valence-electron chi connectivity index (χ0n) is 8.84. The number of aliphatic hydroxyl groups is 2. The van der Waals surface area contributed by atoms with Crippen molar-refractivity contribution < 1.29 is 27.7 Å². The SMILES string of the molecule is N[C@@H](CO)[C@@H](O)c1ccccc1.O=S(=O)(O)O. The monoisotopic (exact) mass is 265 g/mol. The van der Waals surface area contributed by atoms with Gasteiger partial charge in [0.15, 0.2) is 0 Å². The second kappa shape index (κ2) is 7.33. The van der Waals surface area contributed by atoms with E-state index >= 15 is 0 Å². The van der Waals surface area contributed by atoms with Crippen LogP contribution in [0.3, 0.4) is 0 Å². The third-order valence-corrected chi connectivity index (χ3v) is 1.76. The molecule has 0 fully saturated rings. The topological polar surface area (TPSA) is 141 Å². The lowest BCUT2D eigenvalue weighted by atomic mass is 10.0. The van der Waals surface area contributed by atoms with Crippen LogP contribution in [0.25, 0.3) is 0 Å². The molecule has 1 aromatic carbocycles. The van der Waals surface area contributed by atoms with Gasteiger partial charge in [-0.3, -0.25) is 9.11 Å². The van der Waals surface area contributed by atoms with Crippen LogP contribution < -0.4 is 5.73 Å². The molecule has 0 saturated carbocycles. The van der Waals surface area contributed by atoms with Gasteiger partial charge in [0.2, 0.25) is 0 Å². The number of aliphatic hydroxyl groups excluding tert-OH is 2. The van der Waals surface area contributed by atoms with Crippen LogP contribution in [0, 0.1) is 0 Å². The summed E-state index contributed by atoms with van der Waals surface area (Å²) in [6.45, 7) is -0.212. The molecule has 0 aliphatic carbocycles. The highest BCUT2D eigenvalue weighted by atomic mass is 32.3. The summed E-state index contributed by atoms with van der Waals surface area (Å²) < 4.78 is 31.6. The fraction of sp³-hybridized carbons (Fsp3) is 0.333. The Hall–Kier alpha value is -1.03. The van der Waals surface area contributed by atoms with Crippen molar-refractivity contribution in [1.29, 1.82) is 0 Å². The maximum absolute atomic E-state index is 9.50. The highest BCUT2D eigenvalue weighted by Crippen LogP contribution is 2.14. The molecule has 17 heavy (non-hydrogen) atoms. The van der Waals surface area contributed by atoms with Gasteiger partial charge in [-0.2, -0.15) is 8.42 Å². The lowest BCUT2D eigenvalue weighted by molar-refractivity contribution is 0.109. The molecule has 8 heteroatoms. The van der Waals surface area contributed by atoms with E-state index in [9.17, 15) is 5.11 Å². The summed E-state index contributed by atoms with van der Waals surface area (Å²) in [5.41, 5.74) is 6.18. The number of hydrogen-bond donors (Lipinski definition) is 5. The molecule has 0 aromatic heterocycles. The third-order valence-electron chi connectivity index (χ3n) is 1.76. The summed E-state index contributed by atoms with van der Waals surface area (Å²) in [6, 6.07) is 8.46. The predicted octanol–water partition coefficient (Wildman–Crippen LogP) is -0.613. The Balaban J connectivity index is 0.000000437. The van der Waals surface area contributed by atoms with Crippen LogP contribution in [-0.2, 0) is 10.4 Å². The van der Waals surface area contributed by atoms with Crippen molar-refractivity contribution in [2.75, 3.05) is 6.61 Å². The average Bonchev–Trinajstić information content (AvgIpc) is 2.26. The van der Waals surface area contributed by atoms with Crippen LogP contribution in [0.4, 0.5) is 0 Å². The summed E-state index contributed by atoms with van der Waals surface area (Å²) in [4.78, 5) is 0. The molecule has 0 aliphatic rings. The normalized spacial score (nSPS) is 14.4. The second-order valence-corrected chi connectivity index (χ2v) is 4.05. The lowest BCUT2D eigenvalue weighted by Gasteiger charge is -2.16. The van der Waals surface area contributed by atoms with Crippen molar-refractivity contribution in [3.63, 3.8) is 0 Å². The van der Waals surface area contributed by atoms with Crippen molar-refractivity contribution in [3.05, 3.63) is 35.9 Å². The summed E-state index contributed by atoms with van der Waals surface area (Å²) in [7, 11) is -4.67. The van der Waals surface area contributed by atoms with Crippen LogP contribution in [0.5, 0.6) is 0 Å². The van der Waals surface area contributed by atoms with E-state index in [-0.39, 0.29) is 6.61 Å². The Labute approximate surface area is 99.1 Å². The average molecular weight is 265 g/mol. The largest absolute Gasteiger partial charge is 0.395 e. The summed E-state index contributed by atoms with van der Waals surface area (Å²) in [5.74, 6) is 0. The smallest absolute Gasteiger partial charge is 0.394 e. The zero-order valence-corrected chi connectivity index (χ0v) is 9.66. The standard InChI is InChI=1S/C9H13NO2.H2O4S/c10-8(6-11)9(12)7-4-2-1-3-5-7;1-5(2,3)4/h1-5,8-9,11-12H,6,10H2;(H2,1,2,3,4)/t8-,9-;/m0./s1. The molecule has 7 nitrogen and oxygen atoms in total. The lowest BCUT2D eigenvalue weighted by Crippen LogP contribution is -2.31. The molecule has 0 spiro atoms. The Kier molecular flexibility index (Phi) is 6.88. The minimum atomic E-state index is -4.67. The predicted molar refractivity (Wildman–Crippen MR) is 60.6 cm³/mol. The van der Waals surface area contributed by atoms with Gasteiger partial charge in [-0.1, -0.05) is 30.3 Å². The van der Waals surface area contributed by atoms with E-state index in [2.05, 4.69) is 0 Å². The van der Waals surface area contributed by atoms with Gasteiger partial charge >= 0.3 is 10.4 Å². The minimum Gasteiger partial charge on any atom is -0.395 e. The summed E-state index contributed by atoms with van der Waals surface area (Å²) in [5, 5.41) is 18.2. The van der Waals surface area contributed by atoms with Crippen LogP contribution in [0.1, 0.15) is 11.7 Å². The van der Waals surface area contributed by atoms with E-state index in [0.717, 1.165) is 5.56 Å². The number of benzene rings is 1. The fourth-order valence-corrected chi connectivity index (χ4v) is 0.997. The molecule has 98 valence electrons. The Bertz CT molecular complexity index is 399. The van der Waals surface area contributed by atoms with Gasteiger partial charge in [0.1, 0.15) is 0 Å². The van der Waals surface area contributed by atoms with Crippen LogP contribution >= 0.6 is 0 Å². The van der Waals surface area contributed by atoms with E-state index in [1.165, 1.54) is 0 Å². The first-order chi connectivity index (χ1) is 7.75. The first-order valence-corrected chi connectivity index (χ1v) is 5.94. The van der Waals surface area contributed by atoms with Crippen molar-refractivity contribution in [3.8, 4) is 0 Å². The zero-order chi connectivity index (χ0) is 13.5. The number of nitrogens with two attached hydrogens (primary N) is 1. The van der Waals surface area contributed by atoms with Crippen LogP contribution in [0.2, 0.25) is 0 Å². The van der Waals surface area contributed by atoms with E-state index in [1.54, 1.807) is 12.1 Å². The van der Waals surface area contributed by atoms with Crippen molar-refractivity contribution in [2.24, 2.45) is 5.73 Å². The highest BCUT2D eigenvalue weighted by molar-refractivity contribution is 7.79. The molecule has 0 heterocycles. The first kappa shape index (κ1) is 16.0. The molecule has 0 amide bonds. The van der Waals surface area contributed by atoms with Gasteiger partial charge in [0, 0.05) is 0 Å². The molecule has 0 unspecified atom stereocenters. The third kappa shape index (κ3) is 8.74. The van der Waals surface area contributed by atoms with Gasteiger partial charge in [-0.25, -0.2) is 0 Å². The first-order valence-electron chi connectivity index (χ1n) is 4.55. The molecule has 0 saturated heterocycles. The quantitative estimate of drug-likeness (QED) is 0.459. The molecule has 6 N–H and O–H groups in total. The minimum absolute atomic E-state index is 0.212. The van der Waals surface area contributed by atoms with Gasteiger partial charge in [0.05, 0.1) is 18.8 Å². The molecular weight excluding hydrogens is 250 g/mol. The van der Waals surface area contributed by atoms with Gasteiger partial charge in [-0.05, 0) is 5.56 Å². The van der Waals surface area contributed by atoms with Crippen LogP contribution in [-0.4, -0.2) is 40.4 Å². The Morgan fingerprint density at radius 3 is 1.94 bits per heavy atom. The maximum atomic E-state index is 9.50. The Morgan fingerprint density at radius 2 is 1.59 bits per heavy atom. The maximum Gasteiger partial charge on any atom is 0.394 e. The molecular formula is C9H15NO6S. The molecule has 2 atom stereocenters. The summed E-state index contributed by atoms with van der Waals surface area (Å²) in [6.07, 6.45) is -0.781. The molecule has 0 bridgehead atoms. The van der Waals surface area contributed by atoms with Crippen molar-refractivity contribution >= 4 is 10.4 Å². The Morgan fingerprint density at radius 1 is 1.18 bits per heavy atom. The molecule has 0 radical (unpaired) electrons. The van der Waals surface area contributed by atoms with Crippen molar-refractivity contribution in [2.45, 2.75) is 12.1 Å². The number of rotatable bonds is 3. The molecule has 1 rings (SSSR count). The molecule has 0 aliphatic heterocycles. The second-order valence-electron chi connectivity index (χ2n) is 3.15. The van der Waals surface area contributed by atoms with Gasteiger partial charge in [-0.15, -0.1) is 0 Å². The van der Waals surface area contributed by atoms with Crippen molar-refractivity contribution in [1.82, 2.24) is 0 Å². The van der Waals surface area contributed by atoms with E-state index < -0.39 is 22.5 Å². The fourth-order valence-electron chi connectivity index (χ4n) is 0.997. The highest BCUT2D eigenvalue weighted by Gasteiger charge is 2.14. The van der Waals surface area contributed by atoms with E-state index in [4.69, 9.17) is 28.4 Å². The van der Waals surface area contributed by atoms with Gasteiger partial charge in [0.25, 0.3) is 0 Å². The van der Waals surface area contributed by atoms with E-state index in [1.807, 2.05) is 18.2 Å². The van der Waals surface area contributed by atoms with Crippen LogP contribution in [0.15, 0.2) is 30.3 Å². The molecule has 1 aromatic rings. The van der Waals surface area contributed by atoms with E-state index in [0.29, 0.717) is 0 Å².